The van der Waals surface area contributed by atoms with Crippen LogP contribution < -0.4 is 4.90 Å². The van der Waals surface area contributed by atoms with Gasteiger partial charge in [0, 0.05) is 10.2 Å². The van der Waals surface area contributed by atoms with Gasteiger partial charge in [-0.05, 0) is 42.0 Å². The number of amides is 1. The standard InChI is InChI=1S/C22H16BrNO4S/c23-16-11-13-17(14-12-16)24-19(15-7-3-1-4-8-15)21(20(25)22(24)26)29(27,28)18-9-5-2-6-10-18/h1-14,19,25H/t19-/m1/s1. The maximum Gasteiger partial charge on any atom is 0.295 e. The molecule has 4 rings (SSSR count). The van der Waals surface area contributed by atoms with Crippen molar-refractivity contribution in [3.8, 4) is 0 Å². The van der Waals surface area contributed by atoms with E-state index in [4.69, 9.17) is 0 Å². The first kappa shape index (κ1) is 19.4. The molecule has 0 aliphatic carbocycles. The van der Waals surface area contributed by atoms with Crippen molar-refractivity contribution in [1.29, 1.82) is 0 Å². The van der Waals surface area contributed by atoms with Gasteiger partial charge in [-0.1, -0.05) is 64.5 Å². The molecule has 0 aromatic heterocycles. The predicted molar refractivity (Wildman–Crippen MR) is 114 cm³/mol. The average Bonchev–Trinajstić information content (AvgIpc) is 3.01. The van der Waals surface area contributed by atoms with Crippen molar-refractivity contribution < 1.29 is 18.3 Å². The van der Waals surface area contributed by atoms with E-state index in [1.54, 1.807) is 72.8 Å². The number of anilines is 1. The quantitative estimate of drug-likeness (QED) is 0.596. The molecule has 0 fully saturated rings. The minimum atomic E-state index is -4.11. The summed E-state index contributed by atoms with van der Waals surface area (Å²) in [5.74, 6) is -1.51. The lowest BCUT2D eigenvalue weighted by molar-refractivity contribution is -0.117. The van der Waals surface area contributed by atoms with E-state index >= 15 is 0 Å². The molecule has 3 aromatic carbocycles. The summed E-state index contributed by atoms with van der Waals surface area (Å²) in [4.78, 5) is 14.0. The lowest BCUT2D eigenvalue weighted by atomic mass is 10.1. The number of nitrogens with zero attached hydrogens (tertiary/aromatic N) is 1. The van der Waals surface area contributed by atoms with Crippen LogP contribution in [0, 0.1) is 0 Å². The van der Waals surface area contributed by atoms with E-state index in [0.29, 0.717) is 11.3 Å². The Balaban J connectivity index is 1.94. The molecule has 1 amide bonds. The molecule has 0 unspecified atom stereocenters. The van der Waals surface area contributed by atoms with E-state index in [9.17, 15) is 18.3 Å². The SMILES string of the molecule is O=C1C(O)=C(S(=O)(=O)c2ccccc2)[C@@H](c2ccccc2)N1c1ccc(Br)cc1. The number of rotatable bonds is 4. The fourth-order valence-electron chi connectivity index (χ4n) is 3.39. The Hall–Kier alpha value is -2.90. The van der Waals surface area contributed by atoms with Crippen LogP contribution in [0.2, 0.25) is 0 Å². The van der Waals surface area contributed by atoms with E-state index < -0.39 is 27.5 Å². The van der Waals surface area contributed by atoms with Gasteiger partial charge in [-0.15, -0.1) is 0 Å². The average molecular weight is 470 g/mol. The summed E-state index contributed by atoms with van der Waals surface area (Å²) in [6, 6.07) is 22.6. The van der Waals surface area contributed by atoms with Crippen molar-refractivity contribution in [2.24, 2.45) is 0 Å². The summed E-state index contributed by atoms with van der Waals surface area (Å²) < 4.78 is 27.6. The summed E-state index contributed by atoms with van der Waals surface area (Å²) in [7, 11) is -4.11. The molecular weight excluding hydrogens is 454 g/mol. The van der Waals surface area contributed by atoms with Gasteiger partial charge in [0.2, 0.25) is 9.84 Å². The molecule has 146 valence electrons. The molecule has 0 spiro atoms. The van der Waals surface area contributed by atoms with Gasteiger partial charge < -0.3 is 5.11 Å². The van der Waals surface area contributed by atoms with E-state index in [-0.39, 0.29) is 9.80 Å². The van der Waals surface area contributed by atoms with E-state index in [2.05, 4.69) is 15.9 Å². The van der Waals surface area contributed by atoms with Crippen LogP contribution in [-0.2, 0) is 14.6 Å². The van der Waals surface area contributed by atoms with Crippen molar-refractivity contribution in [3.05, 3.63) is 106 Å². The third-order valence-electron chi connectivity index (χ3n) is 4.72. The van der Waals surface area contributed by atoms with Crippen LogP contribution in [0.15, 0.2) is 105 Å². The highest BCUT2D eigenvalue weighted by molar-refractivity contribution is 9.10. The van der Waals surface area contributed by atoms with Crippen LogP contribution in [0.3, 0.4) is 0 Å². The van der Waals surface area contributed by atoms with Gasteiger partial charge in [-0.2, -0.15) is 0 Å². The first-order valence-corrected chi connectivity index (χ1v) is 11.1. The second kappa shape index (κ2) is 7.50. The summed E-state index contributed by atoms with van der Waals surface area (Å²) in [6.45, 7) is 0. The van der Waals surface area contributed by atoms with Gasteiger partial charge in [0.05, 0.1) is 4.90 Å². The Morgan fingerprint density at radius 3 is 1.97 bits per heavy atom. The molecule has 7 heteroatoms. The fraction of sp³-hybridized carbons (Fsp3) is 0.0455. The second-order valence-electron chi connectivity index (χ2n) is 6.49. The topological polar surface area (TPSA) is 74.7 Å². The number of aliphatic hydroxyl groups excluding tert-OH is 1. The highest BCUT2D eigenvalue weighted by Gasteiger charge is 2.47. The highest BCUT2D eigenvalue weighted by Crippen LogP contribution is 2.44. The van der Waals surface area contributed by atoms with E-state index in [0.717, 1.165) is 4.47 Å². The first-order valence-electron chi connectivity index (χ1n) is 8.78. The number of hydrogen-bond donors (Lipinski definition) is 1. The number of halogens is 1. The summed E-state index contributed by atoms with van der Waals surface area (Å²) in [5, 5.41) is 10.7. The maximum atomic E-state index is 13.4. The molecule has 1 N–H and O–H groups in total. The smallest absolute Gasteiger partial charge is 0.295 e. The molecular formula is C22H16BrNO4S. The number of benzene rings is 3. The zero-order valence-corrected chi connectivity index (χ0v) is 17.5. The number of carbonyl (C=O) groups is 1. The van der Waals surface area contributed by atoms with Crippen LogP contribution in [0.1, 0.15) is 11.6 Å². The zero-order valence-electron chi connectivity index (χ0n) is 15.1. The van der Waals surface area contributed by atoms with E-state index in [1.165, 1.54) is 17.0 Å². The lowest BCUT2D eigenvalue weighted by Gasteiger charge is -2.27. The largest absolute Gasteiger partial charge is 0.502 e. The fourth-order valence-corrected chi connectivity index (χ4v) is 5.30. The molecule has 0 bridgehead atoms. The Kier molecular flexibility index (Phi) is 5.02. The molecule has 0 radical (unpaired) electrons. The van der Waals surface area contributed by atoms with Gasteiger partial charge >= 0.3 is 0 Å². The van der Waals surface area contributed by atoms with Crippen LogP contribution in [0.5, 0.6) is 0 Å². The number of carbonyl (C=O) groups excluding carboxylic acids is 1. The summed E-state index contributed by atoms with van der Waals surface area (Å²) in [6.07, 6.45) is 0. The first-order chi connectivity index (χ1) is 13.9. The molecule has 1 atom stereocenters. The van der Waals surface area contributed by atoms with Crippen LogP contribution in [0.4, 0.5) is 5.69 Å². The van der Waals surface area contributed by atoms with Crippen LogP contribution in [0.25, 0.3) is 0 Å². The number of aliphatic hydroxyl groups is 1. The van der Waals surface area contributed by atoms with Crippen molar-refractivity contribution in [2.75, 3.05) is 4.90 Å². The Bertz CT molecular complexity index is 1190. The van der Waals surface area contributed by atoms with Crippen molar-refractivity contribution in [2.45, 2.75) is 10.9 Å². The Morgan fingerprint density at radius 2 is 1.38 bits per heavy atom. The van der Waals surface area contributed by atoms with Gasteiger partial charge in [-0.3, -0.25) is 9.69 Å². The maximum absolute atomic E-state index is 13.4. The number of sulfone groups is 1. The normalized spacial score (nSPS) is 17.1. The van der Waals surface area contributed by atoms with Gasteiger partial charge in [0.1, 0.15) is 10.9 Å². The molecule has 3 aromatic rings. The molecule has 1 aliphatic rings. The molecule has 0 saturated heterocycles. The summed E-state index contributed by atoms with van der Waals surface area (Å²) >= 11 is 3.36. The van der Waals surface area contributed by atoms with E-state index in [1.807, 2.05) is 0 Å². The molecule has 5 nitrogen and oxygen atoms in total. The van der Waals surface area contributed by atoms with Gasteiger partial charge in [-0.25, -0.2) is 8.42 Å². The van der Waals surface area contributed by atoms with Gasteiger partial charge in [0.25, 0.3) is 5.91 Å². The molecule has 1 aliphatic heterocycles. The minimum Gasteiger partial charge on any atom is -0.502 e. The highest BCUT2D eigenvalue weighted by atomic mass is 79.9. The van der Waals surface area contributed by atoms with Crippen molar-refractivity contribution in [1.82, 2.24) is 0 Å². The molecule has 1 heterocycles. The van der Waals surface area contributed by atoms with Crippen LogP contribution >= 0.6 is 15.9 Å². The second-order valence-corrected chi connectivity index (χ2v) is 9.33. The number of hydrogen-bond acceptors (Lipinski definition) is 4. The van der Waals surface area contributed by atoms with Crippen molar-refractivity contribution >= 4 is 37.4 Å². The lowest BCUT2D eigenvalue weighted by Crippen LogP contribution is -2.31. The van der Waals surface area contributed by atoms with Crippen LogP contribution in [-0.4, -0.2) is 19.4 Å². The van der Waals surface area contributed by atoms with Crippen molar-refractivity contribution in [3.63, 3.8) is 0 Å². The Morgan fingerprint density at radius 1 is 0.828 bits per heavy atom. The monoisotopic (exact) mass is 469 g/mol. The molecule has 0 saturated carbocycles. The third-order valence-corrected chi connectivity index (χ3v) is 7.14. The minimum absolute atomic E-state index is 0.0212. The third kappa shape index (κ3) is 3.36. The zero-order chi connectivity index (χ0) is 20.6. The predicted octanol–water partition coefficient (Wildman–Crippen LogP) is 4.78. The van der Waals surface area contributed by atoms with Gasteiger partial charge in [0.15, 0.2) is 5.76 Å². The Labute approximate surface area is 177 Å². The summed E-state index contributed by atoms with van der Waals surface area (Å²) in [5.41, 5.74) is 1.07. The molecule has 29 heavy (non-hydrogen) atoms.